The van der Waals surface area contributed by atoms with Gasteiger partial charge in [0.2, 0.25) is 5.91 Å². The Bertz CT molecular complexity index is 473. The highest BCUT2D eigenvalue weighted by molar-refractivity contribution is 6.33. The van der Waals surface area contributed by atoms with Crippen LogP contribution in [0.4, 0.5) is 5.69 Å². The molecule has 1 aliphatic heterocycles. The van der Waals surface area contributed by atoms with Crippen molar-refractivity contribution in [2.75, 3.05) is 31.6 Å². The molecule has 1 aliphatic rings. The van der Waals surface area contributed by atoms with Gasteiger partial charge in [-0.15, -0.1) is 0 Å². The standard InChI is InChI=1S/C16H23ClN2O2/c1-2-3-10-21-13-6-7-15(14(17)11-13)18-16(20)12-19-8-4-5-9-19/h6-7,11H,2-5,8-10,12H2,1H3,(H,18,20). The summed E-state index contributed by atoms with van der Waals surface area (Å²) < 4.78 is 5.59. The summed E-state index contributed by atoms with van der Waals surface area (Å²) in [7, 11) is 0. The predicted octanol–water partition coefficient (Wildman–Crippen LogP) is 3.55. The van der Waals surface area contributed by atoms with Crippen LogP contribution in [-0.2, 0) is 4.79 Å². The van der Waals surface area contributed by atoms with Crippen molar-refractivity contribution >= 4 is 23.2 Å². The second-order valence-electron chi connectivity index (χ2n) is 5.38. The number of carbonyl (C=O) groups is 1. The Balaban J connectivity index is 1.86. The van der Waals surface area contributed by atoms with Crippen LogP contribution in [0.15, 0.2) is 18.2 Å². The lowest BCUT2D eigenvalue weighted by molar-refractivity contribution is -0.117. The van der Waals surface area contributed by atoms with Crippen molar-refractivity contribution in [2.45, 2.75) is 32.6 Å². The Morgan fingerprint density at radius 1 is 1.38 bits per heavy atom. The number of benzene rings is 1. The number of amides is 1. The van der Waals surface area contributed by atoms with Gasteiger partial charge in [0.05, 0.1) is 23.9 Å². The SMILES string of the molecule is CCCCOc1ccc(NC(=O)CN2CCCC2)c(Cl)c1. The molecular formula is C16H23ClN2O2. The van der Waals surface area contributed by atoms with Gasteiger partial charge in [0.15, 0.2) is 0 Å². The van der Waals surface area contributed by atoms with E-state index in [0.717, 1.165) is 31.7 Å². The van der Waals surface area contributed by atoms with Crippen molar-refractivity contribution in [1.82, 2.24) is 4.90 Å². The third-order valence-electron chi connectivity index (χ3n) is 3.55. The highest BCUT2D eigenvalue weighted by atomic mass is 35.5. The van der Waals surface area contributed by atoms with E-state index in [1.165, 1.54) is 12.8 Å². The highest BCUT2D eigenvalue weighted by Crippen LogP contribution is 2.27. The van der Waals surface area contributed by atoms with Gasteiger partial charge in [-0.25, -0.2) is 0 Å². The molecule has 1 heterocycles. The Morgan fingerprint density at radius 2 is 2.14 bits per heavy atom. The van der Waals surface area contributed by atoms with Crippen LogP contribution in [0.1, 0.15) is 32.6 Å². The smallest absolute Gasteiger partial charge is 0.238 e. The number of ether oxygens (including phenoxy) is 1. The molecular weight excluding hydrogens is 288 g/mol. The number of carbonyl (C=O) groups excluding carboxylic acids is 1. The third-order valence-corrected chi connectivity index (χ3v) is 3.86. The van der Waals surface area contributed by atoms with E-state index in [2.05, 4.69) is 17.1 Å². The first-order valence-electron chi connectivity index (χ1n) is 7.63. The third kappa shape index (κ3) is 5.21. The molecule has 1 fully saturated rings. The first-order chi connectivity index (χ1) is 10.2. The summed E-state index contributed by atoms with van der Waals surface area (Å²) in [5.41, 5.74) is 0.642. The Hall–Kier alpha value is -1.26. The summed E-state index contributed by atoms with van der Waals surface area (Å²) in [6.45, 7) is 5.25. The number of halogens is 1. The van der Waals surface area contributed by atoms with Crippen molar-refractivity contribution < 1.29 is 9.53 Å². The number of anilines is 1. The Labute approximate surface area is 131 Å². The summed E-state index contributed by atoms with van der Waals surface area (Å²) in [6.07, 6.45) is 4.47. The number of unbranched alkanes of at least 4 members (excludes halogenated alkanes) is 1. The van der Waals surface area contributed by atoms with Crippen molar-refractivity contribution in [3.05, 3.63) is 23.2 Å². The molecule has 1 aromatic rings. The van der Waals surface area contributed by atoms with Crippen LogP contribution < -0.4 is 10.1 Å². The molecule has 116 valence electrons. The molecule has 2 rings (SSSR count). The number of likely N-dealkylation sites (tertiary alicyclic amines) is 1. The van der Waals surface area contributed by atoms with Crippen LogP contribution in [0.5, 0.6) is 5.75 Å². The van der Waals surface area contributed by atoms with E-state index in [4.69, 9.17) is 16.3 Å². The fourth-order valence-electron chi connectivity index (χ4n) is 2.35. The number of rotatable bonds is 7. The molecule has 0 spiro atoms. The van der Waals surface area contributed by atoms with Gasteiger partial charge in [0.25, 0.3) is 0 Å². The average Bonchev–Trinajstić information content (AvgIpc) is 2.95. The minimum atomic E-state index is -0.0153. The zero-order valence-electron chi connectivity index (χ0n) is 12.5. The van der Waals surface area contributed by atoms with Crippen LogP contribution in [0.2, 0.25) is 5.02 Å². The zero-order chi connectivity index (χ0) is 15.1. The lowest BCUT2D eigenvalue weighted by Gasteiger charge is -2.15. The molecule has 0 aliphatic carbocycles. The lowest BCUT2D eigenvalue weighted by Crippen LogP contribution is -2.30. The molecule has 21 heavy (non-hydrogen) atoms. The molecule has 0 radical (unpaired) electrons. The van der Waals surface area contributed by atoms with Gasteiger partial charge in [-0.1, -0.05) is 24.9 Å². The quantitative estimate of drug-likeness (QED) is 0.783. The molecule has 0 saturated carbocycles. The van der Waals surface area contributed by atoms with Crippen LogP contribution >= 0.6 is 11.6 Å². The number of hydrogen-bond donors (Lipinski definition) is 1. The fraction of sp³-hybridized carbons (Fsp3) is 0.562. The van der Waals surface area contributed by atoms with Gasteiger partial charge >= 0.3 is 0 Å². The van der Waals surface area contributed by atoms with E-state index in [-0.39, 0.29) is 5.91 Å². The second kappa shape index (κ2) is 8.25. The number of nitrogens with zero attached hydrogens (tertiary/aromatic N) is 1. The maximum absolute atomic E-state index is 12.0. The number of nitrogens with one attached hydrogen (secondary N) is 1. The van der Waals surface area contributed by atoms with E-state index < -0.39 is 0 Å². The van der Waals surface area contributed by atoms with E-state index >= 15 is 0 Å². The van der Waals surface area contributed by atoms with Gasteiger partial charge in [-0.05, 0) is 44.5 Å². The Morgan fingerprint density at radius 3 is 2.81 bits per heavy atom. The first-order valence-corrected chi connectivity index (χ1v) is 8.01. The Kier molecular flexibility index (Phi) is 6.33. The molecule has 4 nitrogen and oxygen atoms in total. The van der Waals surface area contributed by atoms with E-state index in [1.807, 2.05) is 6.07 Å². The van der Waals surface area contributed by atoms with E-state index in [9.17, 15) is 4.79 Å². The monoisotopic (exact) mass is 310 g/mol. The van der Waals surface area contributed by atoms with E-state index in [1.54, 1.807) is 12.1 Å². The molecule has 0 bridgehead atoms. The summed E-state index contributed by atoms with van der Waals surface area (Å²) in [4.78, 5) is 14.1. The molecule has 1 aromatic carbocycles. The minimum absolute atomic E-state index is 0.0153. The van der Waals surface area contributed by atoms with Gasteiger partial charge in [0, 0.05) is 6.07 Å². The van der Waals surface area contributed by atoms with Crippen LogP contribution in [0.3, 0.4) is 0 Å². The topological polar surface area (TPSA) is 41.6 Å². The summed E-state index contributed by atoms with van der Waals surface area (Å²) >= 11 is 6.19. The van der Waals surface area contributed by atoms with Crippen LogP contribution in [-0.4, -0.2) is 37.0 Å². The van der Waals surface area contributed by atoms with Gasteiger partial charge in [-0.3, -0.25) is 9.69 Å². The maximum Gasteiger partial charge on any atom is 0.238 e. The molecule has 1 N–H and O–H groups in total. The van der Waals surface area contributed by atoms with Crippen molar-refractivity contribution in [2.24, 2.45) is 0 Å². The average molecular weight is 311 g/mol. The molecule has 0 unspecified atom stereocenters. The molecule has 0 atom stereocenters. The fourth-order valence-corrected chi connectivity index (χ4v) is 2.57. The highest BCUT2D eigenvalue weighted by Gasteiger charge is 2.15. The summed E-state index contributed by atoms with van der Waals surface area (Å²) in [5.74, 6) is 0.726. The molecule has 1 amide bonds. The second-order valence-corrected chi connectivity index (χ2v) is 5.78. The number of hydrogen-bond acceptors (Lipinski definition) is 3. The van der Waals surface area contributed by atoms with Crippen LogP contribution in [0.25, 0.3) is 0 Å². The lowest BCUT2D eigenvalue weighted by atomic mass is 10.3. The van der Waals surface area contributed by atoms with Crippen molar-refractivity contribution in [3.8, 4) is 5.75 Å². The molecule has 1 saturated heterocycles. The zero-order valence-corrected chi connectivity index (χ0v) is 13.3. The van der Waals surface area contributed by atoms with Crippen molar-refractivity contribution in [1.29, 1.82) is 0 Å². The summed E-state index contributed by atoms with van der Waals surface area (Å²) in [5, 5.41) is 3.38. The largest absolute Gasteiger partial charge is 0.494 e. The van der Waals surface area contributed by atoms with Crippen molar-refractivity contribution in [3.63, 3.8) is 0 Å². The minimum Gasteiger partial charge on any atom is -0.494 e. The maximum atomic E-state index is 12.0. The normalized spacial score (nSPS) is 15.1. The first kappa shape index (κ1) is 16.1. The van der Waals surface area contributed by atoms with Gasteiger partial charge in [-0.2, -0.15) is 0 Å². The van der Waals surface area contributed by atoms with Gasteiger partial charge in [0.1, 0.15) is 5.75 Å². The van der Waals surface area contributed by atoms with E-state index in [0.29, 0.717) is 23.9 Å². The predicted molar refractivity (Wildman–Crippen MR) is 86.2 cm³/mol. The van der Waals surface area contributed by atoms with Gasteiger partial charge < -0.3 is 10.1 Å². The molecule has 0 aromatic heterocycles. The van der Waals surface area contributed by atoms with Crippen LogP contribution in [0, 0.1) is 0 Å². The molecule has 5 heteroatoms. The summed E-state index contributed by atoms with van der Waals surface area (Å²) in [6, 6.07) is 5.39.